The number of hydrogen-bond acceptors (Lipinski definition) is 4. The van der Waals surface area contributed by atoms with Gasteiger partial charge in [0.05, 0.1) is 12.3 Å². The zero-order valence-electron chi connectivity index (χ0n) is 15.4. The standard InChI is InChI=1S/C23H22N2O3/c26-17-21-16-22(25(28-21)20-14-8-3-9-15-20)23(27)24(18-10-4-1-5-11-18)19-12-6-2-7-13-19/h1-15,21-22,26H,16-17H2/t21-,22+/m1/s1. The normalized spacial score (nSPS) is 18.8. The summed E-state index contributed by atoms with van der Waals surface area (Å²) in [6, 6.07) is 28.1. The van der Waals surface area contributed by atoms with E-state index in [0.717, 1.165) is 17.1 Å². The SMILES string of the molecule is O=C([C@@H]1C[C@H](CO)ON1c1ccccc1)N(c1ccccc1)c1ccccc1. The lowest BCUT2D eigenvalue weighted by Crippen LogP contribution is -2.43. The number of hydrogen-bond donors (Lipinski definition) is 1. The average molecular weight is 374 g/mol. The number of anilines is 3. The van der Waals surface area contributed by atoms with Crippen molar-refractivity contribution < 1.29 is 14.7 Å². The highest BCUT2D eigenvalue weighted by atomic mass is 16.7. The van der Waals surface area contributed by atoms with Crippen LogP contribution in [0.2, 0.25) is 0 Å². The molecule has 1 aliphatic heterocycles. The van der Waals surface area contributed by atoms with Crippen molar-refractivity contribution in [2.45, 2.75) is 18.6 Å². The van der Waals surface area contributed by atoms with Gasteiger partial charge in [0.25, 0.3) is 5.91 Å². The molecule has 0 aliphatic carbocycles. The Morgan fingerprint density at radius 3 is 1.89 bits per heavy atom. The Bertz CT molecular complexity index is 863. The number of carbonyl (C=O) groups excluding carboxylic acids is 1. The summed E-state index contributed by atoms with van der Waals surface area (Å²) in [7, 11) is 0. The molecule has 0 radical (unpaired) electrons. The highest BCUT2D eigenvalue weighted by Gasteiger charge is 2.41. The molecule has 0 unspecified atom stereocenters. The molecule has 1 aliphatic rings. The number of benzene rings is 3. The minimum Gasteiger partial charge on any atom is -0.394 e. The van der Waals surface area contributed by atoms with Crippen LogP contribution in [0, 0.1) is 0 Å². The second kappa shape index (κ2) is 8.25. The molecule has 1 fully saturated rings. The highest BCUT2D eigenvalue weighted by molar-refractivity contribution is 6.05. The summed E-state index contributed by atoms with van der Waals surface area (Å²) in [5.41, 5.74) is 2.37. The first-order valence-corrected chi connectivity index (χ1v) is 9.34. The van der Waals surface area contributed by atoms with Crippen molar-refractivity contribution in [2.24, 2.45) is 0 Å². The van der Waals surface area contributed by atoms with Gasteiger partial charge < -0.3 is 5.11 Å². The van der Waals surface area contributed by atoms with Gasteiger partial charge in [0, 0.05) is 17.8 Å². The van der Waals surface area contributed by atoms with Crippen LogP contribution in [-0.4, -0.2) is 29.8 Å². The van der Waals surface area contributed by atoms with E-state index in [-0.39, 0.29) is 12.5 Å². The minimum absolute atomic E-state index is 0.0998. The molecular weight excluding hydrogens is 352 g/mol. The first-order valence-electron chi connectivity index (χ1n) is 9.34. The van der Waals surface area contributed by atoms with Gasteiger partial charge in [0.1, 0.15) is 12.1 Å². The number of nitrogens with zero attached hydrogens (tertiary/aromatic N) is 2. The van der Waals surface area contributed by atoms with Gasteiger partial charge in [-0.25, -0.2) is 5.06 Å². The number of rotatable bonds is 5. The Hall–Kier alpha value is -3.15. The van der Waals surface area contributed by atoms with Crippen LogP contribution in [0.1, 0.15) is 6.42 Å². The van der Waals surface area contributed by atoms with Crippen LogP contribution in [0.4, 0.5) is 17.1 Å². The molecule has 4 rings (SSSR count). The topological polar surface area (TPSA) is 53.0 Å². The van der Waals surface area contributed by atoms with Crippen LogP contribution in [0.5, 0.6) is 0 Å². The molecule has 1 saturated heterocycles. The van der Waals surface area contributed by atoms with Crippen LogP contribution in [-0.2, 0) is 9.63 Å². The lowest BCUT2D eigenvalue weighted by Gasteiger charge is -2.30. The quantitative estimate of drug-likeness (QED) is 0.735. The second-order valence-electron chi connectivity index (χ2n) is 6.67. The van der Waals surface area contributed by atoms with Gasteiger partial charge in [-0.1, -0.05) is 54.6 Å². The van der Waals surface area contributed by atoms with Gasteiger partial charge in [0.15, 0.2) is 0 Å². The third-order valence-corrected chi connectivity index (χ3v) is 4.78. The summed E-state index contributed by atoms with van der Waals surface area (Å²) in [5.74, 6) is -0.0998. The van der Waals surface area contributed by atoms with E-state index < -0.39 is 12.1 Å². The summed E-state index contributed by atoms with van der Waals surface area (Å²) in [4.78, 5) is 21.3. The van der Waals surface area contributed by atoms with Gasteiger partial charge in [-0.05, 0) is 36.4 Å². The Morgan fingerprint density at radius 1 is 0.893 bits per heavy atom. The van der Waals surface area contributed by atoms with E-state index in [9.17, 15) is 9.90 Å². The van der Waals surface area contributed by atoms with E-state index >= 15 is 0 Å². The molecule has 142 valence electrons. The Balaban J connectivity index is 1.73. The van der Waals surface area contributed by atoms with Crippen molar-refractivity contribution in [3.05, 3.63) is 91.0 Å². The first kappa shape index (κ1) is 18.2. The summed E-state index contributed by atoms with van der Waals surface area (Å²) in [6.45, 7) is -0.135. The molecule has 1 amide bonds. The molecule has 0 aromatic heterocycles. The van der Waals surface area contributed by atoms with Gasteiger partial charge in [-0.3, -0.25) is 14.5 Å². The molecule has 1 heterocycles. The van der Waals surface area contributed by atoms with E-state index in [4.69, 9.17) is 4.84 Å². The van der Waals surface area contributed by atoms with Crippen molar-refractivity contribution >= 4 is 23.0 Å². The Labute approximate surface area is 164 Å². The third kappa shape index (κ3) is 3.63. The van der Waals surface area contributed by atoms with Crippen molar-refractivity contribution in [3.8, 4) is 0 Å². The Morgan fingerprint density at radius 2 is 1.39 bits per heavy atom. The molecule has 0 saturated carbocycles. The molecule has 3 aromatic rings. The summed E-state index contributed by atoms with van der Waals surface area (Å²) in [5, 5.41) is 11.3. The number of hydroxylamine groups is 1. The van der Waals surface area contributed by atoms with Gasteiger partial charge in [-0.2, -0.15) is 0 Å². The maximum absolute atomic E-state index is 13.7. The fourth-order valence-corrected chi connectivity index (χ4v) is 3.45. The van der Waals surface area contributed by atoms with Crippen LogP contribution in [0.15, 0.2) is 91.0 Å². The lowest BCUT2D eigenvalue weighted by molar-refractivity contribution is -0.119. The van der Waals surface area contributed by atoms with Crippen LogP contribution in [0.25, 0.3) is 0 Å². The van der Waals surface area contributed by atoms with E-state index in [0.29, 0.717) is 6.42 Å². The molecule has 2 atom stereocenters. The van der Waals surface area contributed by atoms with Crippen LogP contribution in [0.3, 0.4) is 0 Å². The molecule has 1 N–H and O–H groups in total. The van der Waals surface area contributed by atoms with Crippen molar-refractivity contribution in [3.63, 3.8) is 0 Å². The monoisotopic (exact) mass is 374 g/mol. The zero-order valence-corrected chi connectivity index (χ0v) is 15.4. The molecule has 3 aromatic carbocycles. The average Bonchev–Trinajstić information content (AvgIpc) is 3.21. The van der Waals surface area contributed by atoms with Gasteiger partial charge in [-0.15, -0.1) is 0 Å². The maximum atomic E-state index is 13.7. The second-order valence-corrected chi connectivity index (χ2v) is 6.67. The van der Waals surface area contributed by atoms with Gasteiger partial charge >= 0.3 is 0 Å². The Kier molecular flexibility index (Phi) is 5.37. The molecular formula is C23H22N2O3. The van der Waals surface area contributed by atoms with Crippen LogP contribution < -0.4 is 9.96 Å². The van der Waals surface area contributed by atoms with E-state index in [1.165, 1.54) is 0 Å². The molecule has 5 heteroatoms. The number of amides is 1. The third-order valence-electron chi connectivity index (χ3n) is 4.78. The van der Waals surface area contributed by atoms with E-state index in [2.05, 4.69) is 0 Å². The predicted molar refractivity (Wildman–Crippen MR) is 109 cm³/mol. The minimum atomic E-state index is -0.542. The molecule has 5 nitrogen and oxygen atoms in total. The molecule has 0 bridgehead atoms. The number of para-hydroxylation sites is 3. The largest absolute Gasteiger partial charge is 0.394 e. The highest BCUT2D eigenvalue weighted by Crippen LogP contribution is 2.33. The maximum Gasteiger partial charge on any atom is 0.256 e. The fraction of sp³-hybridized carbons (Fsp3) is 0.174. The number of carbonyl (C=O) groups is 1. The summed E-state index contributed by atoms with van der Waals surface area (Å²) >= 11 is 0. The van der Waals surface area contributed by atoms with Crippen molar-refractivity contribution in [1.29, 1.82) is 0 Å². The summed E-state index contributed by atoms with van der Waals surface area (Å²) < 4.78 is 0. The zero-order chi connectivity index (χ0) is 19.3. The van der Waals surface area contributed by atoms with Gasteiger partial charge in [0.2, 0.25) is 0 Å². The lowest BCUT2D eigenvalue weighted by atomic mass is 10.1. The summed E-state index contributed by atoms with van der Waals surface area (Å²) in [6.07, 6.45) is 0.00276. The number of aliphatic hydroxyl groups is 1. The smallest absolute Gasteiger partial charge is 0.256 e. The number of aliphatic hydroxyl groups excluding tert-OH is 1. The van der Waals surface area contributed by atoms with Crippen molar-refractivity contribution in [1.82, 2.24) is 0 Å². The van der Waals surface area contributed by atoms with Crippen molar-refractivity contribution in [2.75, 3.05) is 16.6 Å². The molecule has 28 heavy (non-hydrogen) atoms. The van der Waals surface area contributed by atoms with E-state index in [1.54, 1.807) is 9.96 Å². The van der Waals surface area contributed by atoms with Crippen LogP contribution >= 0.6 is 0 Å². The molecule has 0 spiro atoms. The predicted octanol–water partition coefficient (Wildman–Crippen LogP) is 3.92. The van der Waals surface area contributed by atoms with E-state index in [1.807, 2.05) is 91.0 Å². The fourth-order valence-electron chi connectivity index (χ4n) is 3.45. The first-order chi connectivity index (χ1) is 13.8.